The maximum absolute atomic E-state index is 11.2. The second-order valence-electron chi connectivity index (χ2n) is 5.41. The first-order valence-corrected chi connectivity index (χ1v) is 7.58. The number of aryl methyl sites for hydroxylation is 2. The van der Waals surface area contributed by atoms with E-state index in [1.807, 2.05) is 18.7 Å². The molecule has 1 aliphatic rings. The van der Waals surface area contributed by atoms with E-state index in [0.717, 1.165) is 55.7 Å². The fourth-order valence-electron chi connectivity index (χ4n) is 2.59. The fraction of sp³-hybridized carbons (Fsp3) is 0.714. The lowest BCUT2D eigenvalue weighted by Crippen LogP contribution is -2.46. The molecule has 2 rings (SSSR count). The van der Waals surface area contributed by atoms with Crippen LogP contribution in [0.3, 0.4) is 0 Å². The lowest BCUT2D eigenvalue weighted by atomic mass is 10.2. The van der Waals surface area contributed by atoms with E-state index in [0.29, 0.717) is 6.42 Å². The number of hydrogen-bond acceptors (Lipinski definition) is 5. The van der Waals surface area contributed by atoms with E-state index in [-0.39, 0.29) is 5.97 Å². The Morgan fingerprint density at radius 1 is 1.29 bits per heavy atom. The Morgan fingerprint density at radius 2 is 1.90 bits per heavy atom. The first-order valence-electron chi connectivity index (χ1n) is 7.20. The second kappa shape index (κ2) is 7.24. The Morgan fingerprint density at radius 3 is 2.43 bits per heavy atom. The van der Waals surface area contributed by atoms with Crippen LogP contribution in [0.4, 0.5) is 0 Å². The predicted octanol–water partition coefficient (Wildman–Crippen LogP) is 1.06. The summed E-state index contributed by atoms with van der Waals surface area (Å²) in [5.41, 5.74) is 1.95. The van der Waals surface area contributed by atoms with Crippen LogP contribution in [0.25, 0.3) is 0 Å². The van der Waals surface area contributed by atoms with Crippen LogP contribution in [0.5, 0.6) is 0 Å². The molecule has 0 atom stereocenters. The summed E-state index contributed by atoms with van der Waals surface area (Å²) in [6.07, 6.45) is 0.462. The third kappa shape index (κ3) is 4.18. The molecular weight excluding hydrogens is 292 g/mol. The van der Waals surface area contributed by atoms with Gasteiger partial charge in [0.15, 0.2) is 0 Å². The molecule has 0 saturated carbocycles. The van der Waals surface area contributed by atoms with Gasteiger partial charge in [0.2, 0.25) is 0 Å². The number of ether oxygens (including phenoxy) is 1. The smallest absolute Gasteiger partial charge is 0.306 e. The van der Waals surface area contributed by atoms with Crippen molar-refractivity contribution in [3.05, 3.63) is 16.4 Å². The van der Waals surface area contributed by atoms with E-state index in [4.69, 9.17) is 11.6 Å². The minimum atomic E-state index is -0.144. The van der Waals surface area contributed by atoms with Gasteiger partial charge in [-0.15, -0.1) is 0 Å². The van der Waals surface area contributed by atoms with Crippen molar-refractivity contribution in [2.45, 2.75) is 19.9 Å². The highest BCUT2D eigenvalue weighted by atomic mass is 35.5. The molecule has 0 bridgehead atoms. The molecular formula is C14H23ClN4O2. The summed E-state index contributed by atoms with van der Waals surface area (Å²) in [5, 5.41) is 5.11. The zero-order chi connectivity index (χ0) is 15.4. The van der Waals surface area contributed by atoms with Crippen molar-refractivity contribution >= 4 is 17.6 Å². The Labute approximate surface area is 130 Å². The molecule has 1 fully saturated rings. The number of rotatable bonds is 5. The number of aromatic nitrogens is 2. The van der Waals surface area contributed by atoms with Crippen LogP contribution < -0.4 is 0 Å². The molecule has 7 heteroatoms. The minimum absolute atomic E-state index is 0.144. The van der Waals surface area contributed by atoms with Crippen molar-refractivity contribution in [1.29, 1.82) is 0 Å². The largest absolute Gasteiger partial charge is 0.469 e. The van der Waals surface area contributed by atoms with Gasteiger partial charge in [-0.1, -0.05) is 11.6 Å². The average molecular weight is 315 g/mol. The molecule has 1 aromatic heterocycles. The third-order valence-electron chi connectivity index (χ3n) is 3.96. The van der Waals surface area contributed by atoms with Crippen LogP contribution >= 0.6 is 11.6 Å². The summed E-state index contributed by atoms with van der Waals surface area (Å²) in [7, 11) is 3.36. The molecule has 1 aromatic rings. The van der Waals surface area contributed by atoms with Gasteiger partial charge in [0, 0.05) is 46.3 Å². The first-order chi connectivity index (χ1) is 10.0. The van der Waals surface area contributed by atoms with Crippen LogP contribution in [0.1, 0.15) is 17.8 Å². The topological polar surface area (TPSA) is 50.6 Å². The molecule has 0 radical (unpaired) electrons. The molecule has 21 heavy (non-hydrogen) atoms. The van der Waals surface area contributed by atoms with Crippen molar-refractivity contribution in [3.63, 3.8) is 0 Å². The number of halogens is 1. The Bertz CT molecular complexity index is 495. The van der Waals surface area contributed by atoms with Crippen LogP contribution in [0.15, 0.2) is 0 Å². The van der Waals surface area contributed by atoms with Crippen molar-refractivity contribution in [1.82, 2.24) is 19.6 Å². The van der Waals surface area contributed by atoms with Gasteiger partial charge in [0.05, 0.1) is 29.9 Å². The van der Waals surface area contributed by atoms with Crippen LogP contribution in [-0.4, -0.2) is 65.4 Å². The van der Waals surface area contributed by atoms with Crippen LogP contribution in [0, 0.1) is 6.92 Å². The summed E-state index contributed by atoms with van der Waals surface area (Å²) in [6.45, 7) is 7.39. The van der Waals surface area contributed by atoms with E-state index < -0.39 is 0 Å². The van der Waals surface area contributed by atoms with E-state index in [2.05, 4.69) is 19.6 Å². The predicted molar refractivity (Wildman–Crippen MR) is 81.3 cm³/mol. The summed E-state index contributed by atoms with van der Waals surface area (Å²) < 4.78 is 6.53. The standard InChI is InChI=1S/C14H23ClN4O2/c1-11-14(15)12(17(2)16-11)10-19-8-6-18(7-9-19)5-4-13(20)21-3/h4-10H2,1-3H3. The van der Waals surface area contributed by atoms with Crippen molar-refractivity contribution in [2.75, 3.05) is 39.8 Å². The summed E-state index contributed by atoms with van der Waals surface area (Å²) >= 11 is 6.29. The quantitative estimate of drug-likeness (QED) is 0.761. The van der Waals surface area contributed by atoms with E-state index in [9.17, 15) is 4.79 Å². The molecule has 118 valence electrons. The molecule has 1 saturated heterocycles. The zero-order valence-electron chi connectivity index (χ0n) is 12.9. The van der Waals surface area contributed by atoms with Gasteiger partial charge >= 0.3 is 5.97 Å². The number of piperazine rings is 1. The van der Waals surface area contributed by atoms with Gasteiger partial charge in [-0.25, -0.2) is 0 Å². The normalized spacial score (nSPS) is 17.1. The lowest BCUT2D eigenvalue weighted by Gasteiger charge is -2.34. The number of methoxy groups -OCH3 is 1. The number of carbonyl (C=O) groups is 1. The van der Waals surface area contributed by atoms with Crippen LogP contribution in [-0.2, 0) is 23.1 Å². The number of hydrogen-bond donors (Lipinski definition) is 0. The van der Waals surface area contributed by atoms with Gasteiger partial charge in [-0.2, -0.15) is 5.10 Å². The monoisotopic (exact) mass is 314 g/mol. The van der Waals surface area contributed by atoms with E-state index >= 15 is 0 Å². The molecule has 6 nitrogen and oxygen atoms in total. The molecule has 0 spiro atoms. The molecule has 0 unspecified atom stereocenters. The SMILES string of the molecule is COC(=O)CCN1CCN(Cc2c(Cl)c(C)nn2C)CC1. The number of carbonyl (C=O) groups excluding carboxylic acids is 1. The Balaban J connectivity index is 1.80. The number of nitrogens with zero attached hydrogens (tertiary/aromatic N) is 4. The Hall–Kier alpha value is -1.11. The third-order valence-corrected chi connectivity index (χ3v) is 4.45. The highest BCUT2D eigenvalue weighted by Gasteiger charge is 2.20. The molecule has 0 aromatic carbocycles. The highest BCUT2D eigenvalue weighted by molar-refractivity contribution is 6.31. The van der Waals surface area contributed by atoms with Crippen LogP contribution in [0.2, 0.25) is 5.02 Å². The minimum Gasteiger partial charge on any atom is -0.469 e. The lowest BCUT2D eigenvalue weighted by molar-refractivity contribution is -0.141. The van der Waals surface area contributed by atoms with Gasteiger partial charge in [-0.3, -0.25) is 14.4 Å². The van der Waals surface area contributed by atoms with E-state index in [1.165, 1.54) is 7.11 Å². The van der Waals surface area contributed by atoms with E-state index in [1.54, 1.807) is 0 Å². The summed E-state index contributed by atoms with van der Waals surface area (Å²) in [6, 6.07) is 0. The second-order valence-corrected chi connectivity index (χ2v) is 5.79. The molecule has 0 N–H and O–H groups in total. The average Bonchev–Trinajstić information content (AvgIpc) is 2.72. The molecule has 2 heterocycles. The molecule has 0 amide bonds. The van der Waals surface area contributed by atoms with Crippen molar-refractivity contribution in [2.24, 2.45) is 7.05 Å². The fourth-order valence-corrected chi connectivity index (χ4v) is 2.81. The number of esters is 1. The van der Waals surface area contributed by atoms with Gasteiger partial charge < -0.3 is 9.64 Å². The highest BCUT2D eigenvalue weighted by Crippen LogP contribution is 2.21. The van der Waals surface area contributed by atoms with Crippen molar-refractivity contribution in [3.8, 4) is 0 Å². The first kappa shape index (κ1) is 16.3. The van der Waals surface area contributed by atoms with Gasteiger partial charge in [-0.05, 0) is 6.92 Å². The summed E-state index contributed by atoms with van der Waals surface area (Å²) in [4.78, 5) is 15.8. The molecule has 0 aliphatic carbocycles. The Kier molecular flexibility index (Phi) is 5.61. The zero-order valence-corrected chi connectivity index (χ0v) is 13.7. The van der Waals surface area contributed by atoms with Crippen molar-refractivity contribution < 1.29 is 9.53 Å². The maximum Gasteiger partial charge on any atom is 0.306 e. The molecule has 1 aliphatic heterocycles. The van der Waals surface area contributed by atoms with Gasteiger partial charge in [0.1, 0.15) is 0 Å². The maximum atomic E-state index is 11.2. The summed E-state index contributed by atoms with van der Waals surface area (Å²) in [5.74, 6) is -0.144. The van der Waals surface area contributed by atoms with Gasteiger partial charge in [0.25, 0.3) is 0 Å².